The van der Waals surface area contributed by atoms with Gasteiger partial charge in [0, 0.05) is 12.8 Å². The summed E-state index contributed by atoms with van der Waals surface area (Å²) in [6, 6.07) is 0. The zero-order chi connectivity index (χ0) is 36.6. The Hall–Kier alpha value is -2.37. The van der Waals surface area contributed by atoms with Crippen molar-refractivity contribution in [3.8, 4) is 0 Å². The molecule has 1 unspecified atom stereocenters. The molecule has 6 heteroatoms. The van der Waals surface area contributed by atoms with E-state index in [2.05, 4.69) is 55.6 Å². The molecule has 0 aromatic heterocycles. The van der Waals surface area contributed by atoms with Crippen molar-refractivity contribution in [3.05, 3.63) is 36.5 Å². The van der Waals surface area contributed by atoms with E-state index in [0.717, 1.165) is 83.5 Å². The minimum Gasteiger partial charge on any atom is -0.480 e. The van der Waals surface area contributed by atoms with Crippen LogP contribution in [0.15, 0.2) is 36.5 Å². The van der Waals surface area contributed by atoms with Gasteiger partial charge in [0.25, 0.3) is 0 Å². The van der Waals surface area contributed by atoms with Gasteiger partial charge in [-0.25, -0.2) is 0 Å². The lowest BCUT2D eigenvalue weighted by Crippen LogP contribution is -2.28. The van der Waals surface area contributed by atoms with Crippen LogP contribution in [0.3, 0.4) is 0 Å². The summed E-state index contributed by atoms with van der Waals surface area (Å²) in [5.41, 5.74) is 0. The average molecular weight is 702 g/mol. The molecule has 6 nitrogen and oxygen atoms in total. The lowest BCUT2D eigenvalue weighted by atomic mass is 10.0. The second-order valence-corrected chi connectivity index (χ2v) is 14.2. The SMILES string of the molecule is CCC/C=C\C/C=C\CCCCCCCC(=O)OC(CCCCC/C=C\CCCCCCCCCC)CCCCCCCC(=O)NCC(=O)O. The zero-order valence-electron chi connectivity index (χ0n) is 32.7. The van der Waals surface area contributed by atoms with Crippen molar-refractivity contribution in [2.24, 2.45) is 0 Å². The Balaban J connectivity index is 4.24. The summed E-state index contributed by atoms with van der Waals surface area (Å²) in [4.78, 5) is 35.0. The fourth-order valence-corrected chi connectivity index (χ4v) is 6.14. The van der Waals surface area contributed by atoms with Crippen molar-refractivity contribution in [2.45, 2.75) is 219 Å². The first-order valence-corrected chi connectivity index (χ1v) is 21.1. The number of amides is 1. The number of carbonyl (C=O) groups excluding carboxylic acids is 2. The first kappa shape index (κ1) is 47.6. The third-order valence-electron chi connectivity index (χ3n) is 9.27. The molecular weight excluding hydrogens is 622 g/mol. The third-order valence-corrected chi connectivity index (χ3v) is 9.27. The minimum atomic E-state index is -1.02. The van der Waals surface area contributed by atoms with E-state index >= 15 is 0 Å². The van der Waals surface area contributed by atoms with Gasteiger partial charge in [-0.05, 0) is 89.9 Å². The predicted octanol–water partition coefficient (Wildman–Crippen LogP) is 12.9. The summed E-state index contributed by atoms with van der Waals surface area (Å²) >= 11 is 0. The van der Waals surface area contributed by atoms with Crippen LogP contribution in [0.25, 0.3) is 0 Å². The Labute approximate surface area is 308 Å². The highest BCUT2D eigenvalue weighted by Gasteiger charge is 2.14. The largest absolute Gasteiger partial charge is 0.480 e. The van der Waals surface area contributed by atoms with E-state index in [-0.39, 0.29) is 24.5 Å². The van der Waals surface area contributed by atoms with Crippen molar-refractivity contribution >= 4 is 17.8 Å². The van der Waals surface area contributed by atoms with Crippen molar-refractivity contribution in [1.29, 1.82) is 0 Å². The monoisotopic (exact) mass is 702 g/mol. The smallest absolute Gasteiger partial charge is 0.322 e. The molecular formula is C44H79NO5. The van der Waals surface area contributed by atoms with Crippen LogP contribution in [0, 0.1) is 0 Å². The molecule has 0 fully saturated rings. The topological polar surface area (TPSA) is 92.7 Å². The molecule has 0 radical (unpaired) electrons. The van der Waals surface area contributed by atoms with Crippen LogP contribution in [-0.4, -0.2) is 35.6 Å². The third kappa shape index (κ3) is 38.4. The molecule has 0 heterocycles. The van der Waals surface area contributed by atoms with Crippen LogP contribution >= 0.6 is 0 Å². The lowest BCUT2D eigenvalue weighted by molar-refractivity contribution is -0.150. The van der Waals surface area contributed by atoms with Crippen molar-refractivity contribution < 1.29 is 24.2 Å². The highest BCUT2D eigenvalue weighted by Crippen LogP contribution is 2.18. The summed E-state index contributed by atoms with van der Waals surface area (Å²) in [6.45, 7) is 4.16. The molecule has 0 aromatic rings. The number of nitrogens with one attached hydrogen (secondary N) is 1. The summed E-state index contributed by atoms with van der Waals surface area (Å²) in [5.74, 6) is -1.25. The fourth-order valence-electron chi connectivity index (χ4n) is 6.14. The average Bonchev–Trinajstić information content (AvgIpc) is 3.10. The standard InChI is InChI=1S/C44H79NO5/c1-3-5-7-9-11-13-15-17-18-20-21-23-25-28-32-36-41(37-33-29-27-30-34-38-42(46)45-40-43(47)48)50-44(49)39-35-31-26-24-22-19-16-14-12-10-8-6-4-2/h8,10,14,16,20-21,41H,3-7,9,11-13,15,17-19,22-40H2,1-2H3,(H,45,46)(H,47,48)/b10-8-,16-14-,21-20-. The molecule has 50 heavy (non-hydrogen) atoms. The minimum absolute atomic E-state index is 0.00501. The van der Waals surface area contributed by atoms with Gasteiger partial charge in [-0.3, -0.25) is 14.4 Å². The van der Waals surface area contributed by atoms with Crippen molar-refractivity contribution in [3.63, 3.8) is 0 Å². The van der Waals surface area contributed by atoms with E-state index in [1.807, 2.05) is 0 Å². The number of ether oxygens (including phenoxy) is 1. The Morgan fingerprint density at radius 2 is 0.960 bits per heavy atom. The van der Waals surface area contributed by atoms with E-state index in [4.69, 9.17) is 9.84 Å². The van der Waals surface area contributed by atoms with Gasteiger partial charge in [-0.2, -0.15) is 0 Å². The van der Waals surface area contributed by atoms with Gasteiger partial charge in [0.05, 0.1) is 0 Å². The number of esters is 1. The lowest BCUT2D eigenvalue weighted by Gasteiger charge is -2.18. The molecule has 0 aromatic carbocycles. The molecule has 0 bridgehead atoms. The molecule has 0 spiro atoms. The Morgan fingerprint density at radius 3 is 1.50 bits per heavy atom. The first-order valence-electron chi connectivity index (χ1n) is 21.1. The molecule has 2 N–H and O–H groups in total. The van der Waals surface area contributed by atoms with Crippen LogP contribution in [0.2, 0.25) is 0 Å². The molecule has 0 saturated carbocycles. The maximum Gasteiger partial charge on any atom is 0.322 e. The number of hydrogen-bond acceptors (Lipinski definition) is 4. The van der Waals surface area contributed by atoms with E-state index in [9.17, 15) is 14.4 Å². The van der Waals surface area contributed by atoms with Crippen LogP contribution in [0.1, 0.15) is 213 Å². The Bertz CT molecular complexity index is 864. The summed E-state index contributed by atoms with van der Waals surface area (Å²) < 4.78 is 6.01. The van der Waals surface area contributed by atoms with Gasteiger partial charge in [0.2, 0.25) is 5.91 Å². The summed E-state index contributed by atoms with van der Waals surface area (Å²) in [5, 5.41) is 11.1. The van der Waals surface area contributed by atoms with Crippen LogP contribution in [-0.2, 0) is 19.1 Å². The van der Waals surface area contributed by atoms with Crippen molar-refractivity contribution in [2.75, 3.05) is 6.54 Å². The maximum absolute atomic E-state index is 12.7. The highest BCUT2D eigenvalue weighted by atomic mass is 16.5. The second-order valence-electron chi connectivity index (χ2n) is 14.2. The van der Waals surface area contributed by atoms with Crippen molar-refractivity contribution in [1.82, 2.24) is 5.32 Å². The molecule has 0 aliphatic carbocycles. The summed E-state index contributed by atoms with van der Waals surface area (Å²) in [6.07, 6.45) is 48.3. The summed E-state index contributed by atoms with van der Waals surface area (Å²) in [7, 11) is 0. The zero-order valence-corrected chi connectivity index (χ0v) is 32.7. The number of unbranched alkanes of at least 4 members (excludes halogenated alkanes) is 21. The fraction of sp³-hybridized carbons (Fsp3) is 0.795. The van der Waals surface area contributed by atoms with Gasteiger partial charge in [-0.1, -0.05) is 147 Å². The molecule has 0 saturated heterocycles. The molecule has 0 rings (SSSR count). The number of carboxylic acid groups (broad SMARTS) is 1. The predicted molar refractivity (Wildman–Crippen MR) is 212 cm³/mol. The Morgan fingerprint density at radius 1 is 0.520 bits per heavy atom. The van der Waals surface area contributed by atoms with Gasteiger partial charge < -0.3 is 15.2 Å². The number of hydrogen-bond donors (Lipinski definition) is 2. The van der Waals surface area contributed by atoms with E-state index in [0.29, 0.717) is 12.8 Å². The highest BCUT2D eigenvalue weighted by molar-refractivity contribution is 5.80. The Kier molecular flexibility index (Phi) is 37.5. The van der Waals surface area contributed by atoms with Gasteiger partial charge in [0.1, 0.15) is 12.6 Å². The van der Waals surface area contributed by atoms with Crippen LogP contribution in [0.4, 0.5) is 0 Å². The number of rotatable bonds is 38. The second kappa shape index (κ2) is 39.4. The number of carbonyl (C=O) groups is 3. The quantitative estimate of drug-likeness (QED) is 0.0380. The number of allylic oxidation sites excluding steroid dienone is 6. The molecule has 0 aliphatic heterocycles. The number of aliphatic carboxylic acids is 1. The maximum atomic E-state index is 12.7. The molecule has 290 valence electrons. The van der Waals surface area contributed by atoms with Gasteiger partial charge in [-0.15, -0.1) is 0 Å². The normalized spacial score (nSPS) is 12.4. The molecule has 1 amide bonds. The molecule has 0 aliphatic rings. The van der Waals surface area contributed by atoms with Crippen LogP contribution in [0.5, 0.6) is 0 Å². The first-order chi connectivity index (χ1) is 24.5. The van der Waals surface area contributed by atoms with E-state index < -0.39 is 5.97 Å². The van der Waals surface area contributed by atoms with E-state index in [1.54, 1.807) is 0 Å². The molecule has 1 atom stereocenters. The van der Waals surface area contributed by atoms with Crippen LogP contribution < -0.4 is 5.32 Å². The van der Waals surface area contributed by atoms with E-state index in [1.165, 1.54) is 103 Å². The van der Waals surface area contributed by atoms with Gasteiger partial charge >= 0.3 is 11.9 Å². The van der Waals surface area contributed by atoms with Gasteiger partial charge in [0.15, 0.2) is 0 Å². The number of carboxylic acids is 1.